The number of benzene rings is 2. The number of anilines is 2. The molecule has 1 heterocycles. The molecule has 30 heavy (non-hydrogen) atoms. The van der Waals surface area contributed by atoms with E-state index in [0.717, 1.165) is 35.8 Å². The summed E-state index contributed by atoms with van der Waals surface area (Å²) in [5.74, 6) is 2.08. The minimum Gasteiger partial charge on any atom is -0.445 e. The van der Waals surface area contributed by atoms with Crippen molar-refractivity contribution in [1.82, 2.24) is 5.32 Å². The number of rotatable bonds is 8. The predicted molar refractivity (Wildman–Crippen MR) is 123 cm³/mol. The van der Waals surface area contributed by atoms with Crippen molar-refractivity contribution in [2.45, 2.75) is 19.4 Å². The highest BCUT2D eigenvalue weighted by atomic mass is 35.5. The smallest absolute Gasteiger partial charge is 0.407 e. The Morgan fingerprint density at radius 2 is 1.87 bits per heavy atom. The molecule has 1 fully saturated rings. The van der Waals surface area contributed by atoms with Crippen LogP contribution in [0.15, 0.2) is 48.5 Å². The standard InChI is InChI=1S/C22H26ClN3O3S/c23-19-15-18(8-9-20(19)26-11-13-30-14-12-26)25-21(27)7-4-10-24-22(28)29-16-17-5-2-1-3-6-17/h1-3,5-6,8-9,15H,4,7,10-14,16H2,(H,24,28)(H,25,27). The van der Waals surface area contributed by atoms with Crippen molar-refractivity contribution < 1.29 is 14.3 Å². The van der Waals surface area contributed by atoms with Crippen LogP contribution in [0.3, 0.4) is 0 Å². The zero-order chi connectivity index (χ0) is 21.2. The van der Waals surface area contributed by atoms with E-state index in [9.17, 15) is 9.59 Å². The van der Waals surface area contributed by atoms with Gasteiger partial charge < -0.3 is 20.3 Å². The fourth-order valence-corrected chi connectivity index (χ4v) is 4.29. The van der Waals surface area contributed by atoms with Crippen LogP contribution in [0.1, 0.15) is 18.4 Å². The Morgan fingerprint density at radius 3 is 2.60 bits per heavy atom. The van der Waals surface area contributed by atoms with Crippen molar-refractivity contribution >= 4 is 46.7 Å². The predicted octanol–water partition coefficient (Wildman–Crippen LogP) is 4.54. The summed E-state index contributed by atoms with van der Waals surface area (Å²) in [7, 11) is 0. The van der Waals surface area contributed by atoms with Crippen molar-refractivity contribution in [1.29, 1.82) is 0 Å². The van der Waals surface area contributed by atoms with E-state index in [-0.39, 0.29) is 12.5 Å². The molecule has 0 saturated carbocycles. The van der Waals surface area contributed by atoms with Crippen LogP contribution >= 0.6 is 23.4 Å². The fourth-order valence-electron chi connectivity index (χ4n) is 3.08. The van der Waals surface area contributed by atoms with Crippen LogP contribution in [0.25, 0.3) is 0 Å². The van der Waals surface area contributed by atoms with E-state index in [1.165, 1.54) is 0 Å². The maximum absolute atomic E-state index is 12.2. The lowest BCUT2D eigenvalue weighted by Gasteiger charge is -2.29. The number of carbonyl (C=O) groups is 2. The Morgan fingerprint density at radius 1 is 1.10 bits per heavy atom. The lowest BCUT2D eigenvalue weighted by atomic mass is 10.2. The average Bonchev–Trinajstić information content (AvgIpc) is 2.77. The number of halogens is 1. The Kier molecular flexibility index (Phi) is 8.71. The Labute approximate surface area is 186 Å². The molecule has 3 rings (SSSR count). The van der Waals surface area contributed by atoms with Gasteiger partial charge in [0.05, 0.1) is 10.7 Å². The number of thioether (sulfide) groups is 1. The van der Waals surface area contributed by atoms with Gasteiger partial charge in [0, 0.05) is 43.2 Å². The number of nitrogens with zero attached hydrogens (tertiary/aromatic N) is 1. The van der Waals surface area contributed by atoms with Crippen molar-refractivity contribution in [2.24, 2.45) is 0 Å². The molecule has 0 bridgehead atoms. The summed E-state index contributed by atoms with van der Waals surface area (Å²) >= 11 is 8.37. The van der Waals surface area contributed by atoms with Gasteiger partial charge in [0.1, 0.15) is 6.61 Å². The Hall–Kier alpha value is -2.38. The van der Waals surface area contributed by atoms with Crippen molar-refractivity contribution in [3.05, 3.63) is 59.1 Å². The summed E-state index contributed by atoms with van der Waals surface area (Å²) in [5, 5.41) is 6.15. The molecule has 0 unspecified atom stereocenters. The molecule has 2 N–H and O–H groups in total. The van der Waals surface area contributed by atoms with Gasteiger partial charge in [0.15, 0.2) is 0 Å². The molecule has 6 nitrogen and oxygen atoms in total. The van der Waals surface area contributed by atoms with E-state index in [4.69, 9.17) is 16.3 Å². The van der Waals surface area contributed by atoms with Crippen LogP contribution < -0.4 is 15.5 Å². The van der Waals surface area contributed by atoms with Crippen LogP contribution in [0.2, 0.25) is 5.02 Å². The number of hydrogen-bond acceptors (Lipinski definition) is 5. The fraction of sp³-hybridized carbons (Fsp3) is 0.364. The van der Waals surface area contributed by atoms with Gasteiger partial charge in [-0.25, -0.2) is 4.79 Å². The normalized spacial score (nSPS) is 13.6. The molecule has 2 amide bonds. The van der Waals surface area contributed by atoms with Crippen molar-refractivity contribution in [2.75, 3.05) is 41.4 Å². The molecular formula is C22H26ClN3O3S. The third-order valence-electron chi connectivity index (χ3n) is 4.65. The van der Waals surface area contributed by atoms with Gasteiger partial charge in [-0.1, -0.05) is 41.9 Å². The minimum atomic E-state index is -0.488. The summed E-state index contributed by atoms with van der Waals surface area (Å²) in [6.45, 7) is 2.56. The second-order valence-corrected chi connectivity index (χ2v) is 8.54. The molecule has 160 valence electrons. The number of hydrogen-bond donors (Lipinski definition) is 2. The van der Waals surface area contributed by atoms with Gasteiger partial charge in [-0.3, -0.25) is 4.79 Å². The number of ether oxygens (including phenoxy) is 1. The molecule has 0 spiro atoms. The van der Waals surface area contributed by atoms with E-state index >= 15 is 0 Å². The number of amides is 2. The third kappa shape index (κ3) is 7.15. The molecule has 0 radical (unpaired) electrons. The largest absolute Gasteiger partial charge is 0.445 e. The first kappa shape index (κ1) is 22.3. The van der Waals surface area contributed by atoms with Crippen LogP contribution in [0, 0.1) is 0 Å². The quantitative estimate of drug-likeness (QED) is 0.581. The number of nitrogens with one attached hydrogen (secondary N) is 2. The van der Waals surface area contributed by atoms with Crippen LogP contribution in [0.5, 0.6) is 0 Å². The topological polar surface area (TPSA) is 70.7 Å². The van der Waals surface area contributed by atoms with Gasteiger partial charge in [-0.05, 0) is 30.2 Å². The molecule has 0 aliphatic carbocycles. The van der Waals surface area contributed by atoms with Crippen molar-refractivity contribution in [3.63, 3.8) is 0 Å². The summed E-state index contributed by atoms with van der Waals surface area (Å²) in [6, 6.07) is 15.1. The molecule has 1 saturated heterocycles. The van der Waals surface area contributed by atoms with E-state index < -0.39 is 6.09 Å². The summed E-state index contributed by atoms with van der Waals surface area (Å²) < 4.78 is 5.13. The summed E-state index contributed by atoms with van der Waals surface area (Å²) in [5.41, 5.74) is 2.61. The van der Waals surface area contributed by atoms with Crippen molar-refractivity contribution in [3.8, 4) is 0 Å². The molecule has 8 heteroatoms. The van der Waals surface area contributed by atoms with Gasteiger partial charge in [0.2, 0.25) is 5.91 Å². The van der Waals surface area contributed by atoms with Gasteiger partial charge >= 0.3 is 6.09 Å². The highest BCUT2D eigenvalue weighted by Gasteiger charge is 2.14. The minimum absolute atomic E-state index is 0.118. The second kappa shape index (κ2) is 11.7. The first-order chi connectivity index (χ1) is 14.6. The Balaban J connectivity index is 1.34. The van der Waals surface area contributed by atoms with Crippen LogP contribution in [-0.4, -0.2) is 43.1 Å². The summed E-state index contributed by atoms with van der Waals surface area (Å²) in [6.07, 6.45) is 0.323. The molecule has 2 aromatic carbocycles. The number of alkyl carbamates (subject to hydrolysis) is 1. The van der Waals surface area contributed by atoms with Gasteiger partial charge in [-0.2, -0.15) is 11.8 Å². The maximum Gasteiger partial charge on any atom is 0.407 e. The lowest BCUT2D eigenvalue weighted by molar-refractivity contribution is -0.116. The first-order valence-electron chi connectivity index (χ1n) is 9.98. The van der Waals surface area contributed by atoms with E-state index in [1.807, 2.05) is 54.2 Å². The maximum atomic E-state index is 12.2. The Bertz CT molecular complexity index is 845. The first-order valence-corrected chi connectivity index (χ1v) is 11.5. The SMILES string of the molecule is O=C(CCCNC(=O)OCc1ccccc1)Nc1ccc(N2CCSCC2)c(Cl)c1. The van der Waals surface area contributed by atoms with E-state index in [0.29, 0.717) is 30.1 Å². The molecule has 1 aliphatic heterocycles. The van der Waals surface area contributed by atoms with E-state index in [1.54, 1.807) is 6.07 Å². The second-order valence-electron chi connectivity index (χ2n) is 6.91. The molecule has 0 aromatic heterocycles. The molecule has 2 aromatic rings. The van der Waals surface area contributed by atoms with Gasteiger partial charge in [0.25, 0.3) is 0 Å². The summed E-state index contributed by atoms with van der Waals surface area (Å²) in [4.78, 5) is 26.1. The highest BCUT2D eigenvalue weighted by Crippen LogP contribution is 2.30. The van der Waals surface area contributed by atoms with Gasteiger partial charge in [-0.15, -0.1) is 0 Å². The molecule has 1 aliphatic rings. The molecule has 0 atom stereocenters. The monoisotopic (exact) mass is 447 g/mol. The zero-order valence-corrected chi connectivity index (χ0v) is 18.3. The average molecular weight is 448 g/mol. The molecular weight excluding hydrogens is 422 g/mol. The van der Waals surface area contributed by atoms with Crippen LogP contribution in [-0.2, 0) is 16.1 Å². The lowest BCUT2D eigenvalue weighted by Crippen LogP contribution is -2.32. The highest BCUT2D eigenvalue weighted by molar-refractivity contribution is 7.99. The van der Waals surface area contributed by atoms with E-state index in [2.05, 4.69) is 15.5 Å². The number of carbonyl (C=O) groups excluding carboxylic acids is 2. The van der Waals surface area contributed by atoms with Crippen LogP contribution in [0.4, 0.5) is 16.2 Å². The third-order valence-corrected chi connectivity index (χ3v) is 5.89. The zero-order valence-electron chi connectivity index (χ0n) is 16.7.